The van der Waals surface area contributed by atoms with E-state index in [1.165, 1.54) is 18.0 Å². The molecule has 5 nitrogen and oxygen atoms in total. The summed E-state index contributed by atoms with van der Waals surface area (Å²) in [6.45, 7) is 4.70. The molecule has 0 spiro atoms. The number of carbonyl (C=O) groups is 1. The van der Waals surface area contributed by atoms with E-state index in [1.807, 2.05) is 31.3 Å². The van der Waals surface area contributed by atoms with E-state index < -0.39 is 0 Å². The van der Waals surface area contributed by atoms with Crippen molar-refractivity contribution in [1.82, 2.24) is 14.5 Å². The van der Waals surface area contributed by atoms with Crippen LogP contribution in [0, 0.1) is 0 Å². The van der Waals surface area contributed by atoms with E-state index in [1.54, 1.807) is 12.1 Å². The Hall–Kier alpha value is -2.31. The standard InChI is InChI=1S/C19H19ClN4OS/c1-3-24-16(14-7-5-4-6-8-14)12-22-19(24)26-13(2)18(25)23-17-10-9-15(20)11-21-17/h4-13H,3H2,1-2H3,(H,21,23,25)/t13-/m0/s1. The zero-order valence-corrected chi connectivity index (χ0v) is 16.1. The molecule has 0 saturated carbocycles. The molecular weight excluding hydrogens is 368 g/mol. The summed E-state index contributed by atoms with van der Waals surface area (Å²) >= 11 is 7.24. The number of imidazole rings is 1. The zero-order chi connectivity index (χ0) is 18.5. The summed E-state index contributed by atoms with van der Waals surface area (Å²) in [5.41, 5.74) is 2.15. The number of thioether (sulfide) groups is 1. The molecule has 7 heteroatoms. The number of anilines is 1. The molecule has 0 aliphatic rings. The fourth-order valence-electron chi connectivity index (χ4n) is 2.49. The van der Waals surface area contributed by atoms with E-state index in [0.29, 0.717) is 10.8 Å². The predicted octanol–water partition coefficient (Wildman–Crippen LogP) is 4.74. The third-order valence-electron chi connectivity index (χ3n) is 3.83. The first-order chi connectivity index (χ1) is 12.6. The topological polar surface area (TPSA) is 59.8 Å². The molecule has 0 unspecified atom stereocenters. The zero-order valence-electron chi connectivity index (χ0n) is 14.5. The molecule has 3 rings (SSSR count). The summed E-state index contributed by atoms with van der Waals surface area (Å²) in [5.74, 6) is 0.354. The van der Waals surface area contributed by atoms with E-state index in [0.717, 1.165) is 23.0 Å². The minimum Gasteiger partial charge on any atom is -0.319 e. The maximum Gasteiger partial charge on any atom is 0.238 e. The fourth-order valence-corrected chi connectivity index (χ4v) is 3.55. The number of nitrogens with one attached hydrogen (secondary N) is 1. The van der Waals surface area contributed by atoms with Gasteiger partial charge in [0.15, 0.2) is 5.16 Å². The Kier molecular flexibility index (Phi) is 5.96. The Morgan fingerprint density at radius 1 is 1.19 bits per heavy atom. The van der Waals surface area contributed by atoms with Crippen molar-refractivity contribution in [2.75, 3.05) is 5.32 Å². The SMILES string of the molecule is CCn1c(-c2ccccc2)cnc1S[C@@H](C)C(=O)Nc1ccc(Cl)cn1. The Balaban J connectivity index is 1.73. The van der Waals surface area contributed by atoms with Crippen molar-refractivity contribution < 1.29 is 4.79 Å². The first-order valence-corrected chi connectivity index (χ1v) is 9.54. The highest BCUT2D eigenvalue weighted by Gasteiger charge is 2.19. The predicted molar refractivity (Wildman–Crippen MR) is 107 cm³/mol. The van der Waals surface area contributed by atoms with Gasteiger partial charge in [-0.05, 0) is 31.5 Å². The lowest BCUT2D eigenvalue weighted by Gasteiger charge is -2.13. The second-order valence-corrected chi connectivity index (χ2v) is 7.39. The highest BCUT2D eigenvalue weighted by atomic mass is 35.5. The number of hydrogen-bond donors (Lipinski definition) is 1. The normalized spacial score (nSPS) is 12.0. The van der Waals surface area contributed by atoms with E-state index in [-0.39, 0.29) is 11.2 Å². The lowest BCUT2D eigenvalue weighted by Crippen LogP contribution is -2.23. The summed E-state index contributed by atoms with van der Waals surface area (Å²) in [5, 5.41) is 3.83. The van der Waals surface area contributed by atoms with Crippen LogP contribution in [0.4, 0.5) is 5.82 Å². The molecule has 2 heterocycles. The monoisotopic (exact) mass is 386 g/mol. The summed E-state index contributed by atoms with van der Waals surface area (Å²) in [4.78, 5) is 21.0. The summed E-state index contributed by atoms with van der Waals surface area (Å²) in [6, 6.07) is 13.5. The van der Waals surface area contributed by atoms with Crippen molar-refractivity contribution in [2.24, 2.45) is 0 Å². The lowest BCUT2D eigenvalue weighted by atomic mass is 10.2. The van der Waals surface area contributed by atoms with Crippen LogP contribution >= 0.6 is 23.4 Å². The summed E-state index contributed by atoms with van der Waals surface area (Å²) < 4.78 is 2.12. The highest BCUT2D eigenvalue weighted by molar-refractivity contribution is 8.00. The van der Waals surface area contributed by atoms with Crippen LogP contribution in [-0.4, -0.2) is 25.7 Å². The van der Waals surface area contributed by atoms with E-state index >= 15 is 0 Å². The lowest BCUT2D eigenvalue weighted by molar-refractivity contribution is -0.115. The number of nitrogens with zero attached hydrogens (tertiary/aromatic N) is 3. The summed E-state index contributed by atoms with van der Waals surface area (Å²) in [6.07, 6.45) is 3.36. The number of hydrogen-bond acceptors (Lipinski definition) is 4. The number of rotatable bonds is 6. The molecule has 0 saturated heterocycles. The second-order valence-electron chi connectivity index (χ2n) is 5.65. The van der Waals surface area contributed by atoms with Gasteiger partial charge in [0.1, 0.15) is 5.82 Å². The largest absolute Gasteiger partial charge is 0.319 e. The average molecular weight is 387 g/mol. The minimum absolute atomic E-state index is 0.128. The average Bonchev–Trinajstić information content (AvgIpc) is 3.06. The second kappa shape index (κ2) is 8.38. The first kappa shape index (κ1) is 18.5. The molecule has 2 aromatic heterocycles. The van der Waals surface area contributed by atoms with Crippen LogP contribution in [0.3, 0.4) is 0 Å². The molecule has 1 atom stereocenters. The number of pyridine rings is 1. The third-order valence-corrected chi connectivity index (χ3v) is 5.16. The molecule has 26 heavy (non-hydrogen) atoms. The van der Waals surface area contributed by atoms with Crippen LogP contribution in [0.5, 0.6) is 0 Å². The van der Waals surface area contributed by atoms with Gasteiger partial charge in [-0.15, -0.1) is 0 Å². The molecule has 0 aliphatic heterocycles. The van der Waals surface area contributed by atoms with Crippen LogP contribution < -0.4 is 5.32 Å². The Morgan fingerprint density at radius 3 is 2.62 bits per heavy atom. The van der Waals surface area contributed by atoms with Gasteiger partial charge in [-0.2, -0.15) is 0 Å². The number of halogens is 1. The van der Waals surface area contributed by atoms with Crippen molar-refractivity contribution in [3.63, 3.8) is 0 Å². The van der Waals surface area contributed by atoms with Crippen LogP contribution in [0.15, 0.2) is 60.0 Å². The van der Waals surface area contributed by atoms with Crippen LogP contribution in [-0.2, 0) is 11.3 Å². The van der Waals surface area contributed by atoms with Crippen molar-refractivity contribution >= 4 is 35.1 Å². The minimum atomic E-state index is -0.316. The smallest absolute Gasteiger partial charge is 0.238 e. The van der Waals surface area contributed by atoms with Gasteiger partial charge in [0.25, 0.3) is 0 Å². The van der Waals surface area contributed by atoms with Gasteiger partial charge in [0, 0.05) is 12.7 Å². The molecule has 1 aromatic carbocycles. The van der Waals surface area contributed by atoms with Gasteiger partial charge in [-0.25, -0.2) is 9.97 Å². The number of carbonyl (C=O) groups excluding carboxylic acids is 1. The molecule has 3 aromatic rings. The molecular formula is C19H19ClN4OS. The Labute approximate surface area is 161 Å². The van der Waals surface area contributed by atoms with Gasteiger partial charge in [0.05, 0.1) is 22.2 Å². The molecule has 1 N–H and O–H groups in total. The molecule has 134 valence electrons. The van der Waals surface area contributed by atoms with E-state index in [2.05, 4.69) is 38.9 Å². The maximum atomic E-state index is 12.4. The van der Waals surface area contributed by atoms with Gasteiger partial charge in [0.2, 0.25) is 5.91 Å². The molecule has 0 bridgehead atoms. The van der Waals surface area contributed by atoms with E-state index in [4.69, 9.17) is 11.6 Å². The van der Waals surface area contributed by atoms with Crippen LogP contribution in [0.2, 0.25) is 5.02 Å². The van der Waals surface area contributed by atoms with Crippen molar-refractivity contribution in [3.8, 4) is 11.3 Å². The molecule has 0 aliphatic carbocycles. The van der Waals surface area contributed by atoms with E-state index in [9.17, 15) is 4.79 Å². The van der Waals surface area contributed by atoms with Crippen molar-refractivity contribution in [3.05, 3.63) is 59.9 Å². The van der Waals surface area contributed by atoms with Crippen LogP contribution in [0.1, 0.15) is 13.8 Å². The quantitative estimate of drug-likeness (QED) is 0.622. The molecule has 0 fully saturated rings. The molecule has 1 amide bonds. The van der Waals surface area contributed by atoms with Gasteiger partial charge in [-0.1, -0.05) is 53.7 Å². The number of benzene rings is 1. The molecule has 0 radical (unpaired) electrons. The summed E-state index contributed by atoms with van der Waals surface area (Å²) in [7, 11) is 0. The fraction of sp³-hybridized carbons (Fsp3) is 0.211. The third kappa shape index (κ3) is 4.26. The number of amides is 1. The van der Waals surface area contributed by atoms with Crippen molar-refractivity contribution in [1.29, 1.82) is 0 Å². The Morgan fingerprint density at radius 2 is 1.96 bits per heavy atom. The first-order valence-electron chi connectivity index (χ1n) is 8.28. The van der Waals surface area contributed by atoms with Crippen LogP contribution in [0.25, 0.3) is 11.3 Å². The van der Waals surface area contributed by atoms with Crippen molar-refractivity contribution in [2.45, 2.75) is 30.8 Å². The highest BCUT2D eigenvalue weighted by Crippen LogP contribution is 2.28. The van der Waals surface area contributed by atoms with Gasteiger partial charge in [-0.3, -0.25) is 4.79 Å². The Bertz CT molecular complexity index is 880. The van der Waals surface area contributed by atoms with Gasteiger partial charge >= 0.3 is 0 Å². The number of aromatic nitrogens is 3. The maximum absolute atomic E-state index is 12.4. The van der Waals surface area contributed by atoms with Gasteiger partial charge < -0.3 is 9.88 Å².